The third-order valence-electron chi connectivity index (χ3n) is 3.17. The van der Waals surface area contributed by atoms with Crippen molar-refractivity contribution in [2.75, 3.05) is 7.11 Å². The summed E-state index contributed by atoms with van der Waals surface area (Å²) in [4.78, 5) is 0. The van der Waals surface area contributed by atoms with Crippen molar-refractivity contribution >= 4 is 0 Å². The highest BCUT2D eigenvalue weighted by Gasteiger charge is 2.13. The third-order valence-corrected chi connectivity index (χ3v) is 3.17. The van der Waals surface area contributed by atoms with E-state index in [1.807, 2.05) is 44.2 Å². The molecule has 1 unspecified atom stereocenters. The summed E-state index contributed by atoms with van der Waals surface area (Å²) in [5, 5.41) is 8.15. The largest absolute Gasteiger partial charge is 0.496 e. The van der Waals surface area contributed by atoms with Crippen LogP contribution in [0.1, 0.15) is 28.6 Å². The van der Waals surface area contributed by atoms with Gasteiger partial charge in [-0.3, -0.25) is 0 Å². The molecule has 1 heterocycles. The normalized spacial score (nSPS) is 12.2. The van der Waals surface area contributed by atoms with Gasteiger partial charge in [-0.2, -0.15) is 10.2 Å². The quantitative estimate of drug-likeness (QED) is 0.913. The molecule has 100 valence electrons. The van der Waals surface area contributed by atoms with Crippen molar-refractivity contribution in [3.63, 3.8) is 0 Å². The number of ether oxygens (including phenoxy) is 1. The van der Waals surface area contributed by atoms with E-state index in [2.05, 4.69) is 10.2 Å². The molecule has 4 heteroatoms. The Morgan fingerprint density at radius 3 is 2.68 bits per heavy atom. The Morgan fingerprint density at radius 1 is 1.21 bits per heavy atom. The first-order chi connectivity index (χ1) is 9.11. The Hall–Kier alpha value is -1.94. The van der Waals surface area contributed by atoms with E-state index in [1.54, 1.807) is 7.11 Å². The minimum atomic E-state index is -0.106. The number of rotatable bonds is 4. The summed E-state index contributed by atoms with van der Waals surface area (Å²) in [6.45, 7) is 3.86. The summed E-state index contributed by atoms with van der Waals surface area (Å²) < 4.78 is 5.35. The zero-order valence-corrected chi connectivity index (χ0v) is 11.6. The van der Waals surface area contributed by atoms with Crippen LogP contribution in [-0.2, 0) is 6.42 Å². The van der Waals surface area contributed by atoms with Gasteiger partial charge >= 0.3 is 0 Å². The fourth-order valence-corrected chi connectivity index (χ4v) is 2.16. The molecule has 1 aromatic heterocycles. The predicted octanol–water partition coefficient (Wildman–Crippen LogP) is 2.34. The van der Waals surface area contributed by atoms with Crippen molar-refractivity contribution in [2.24, 2.45) is 5.73 Å². The lowest BCUT2D eigenvalue weighted by Crippen LogP contribution is -2.16. The summed E-state index contributed by atoms with van der Waals surface area (Å²) >= 11 is 0. The fourth-order valence-electron chi connectivity index (χ4n) is 2.16. The van der Waals surface area contributed by atoms with Crippen molar-refractivity contribution in [2.45, 2.75) is 26.3 Å². The monoisotopic (exact) mass is 257 g/mol. The SMILES string of the molecule is COc1ccccc1CC(N)c1cc(C)nnc1C. The molecular formula is C15H19N3O. The molecule has 0 bridgehead atoms. The van der Waals surface area contributed by atoms with E-state index in [9.17, 15) is 0 Å². The van der Waals surface area contributed by atoms with Gasteiger partial charge in [-0.15, -0.1) is 0 Å². The van der Waals surface area contributed by atoms with Crippen LogP contribution < -0.4 is 10.5 Å². The van der Waals surface area contributed by atoms with Crippen LogP contribution in [0.5, 0.6) is 5.75 Å². The van der Waals surface area contributed by atoms with Gasteiger partial charge in [0.25, 0.3) is 0 Å². The van der Waals surface area contributed by atoms with Crippen molar-refractivity contribution in [1.82, 2.24) is 10.2 Å². The van der Waals surface area contributed by atoms with Crippen molar-refractivity contribution < 1.29 is 4.74 Å². The highest BCUT2D eigenvalue weighted by atomic mass is 16.5. The molecule has 2 N–H and O–H groups in total. The molecule has 1 atom stereocenters. The first-order valence-electron chi connectivity index (χ1n) is 6.30. The predicted molar refractivity (Wildman–Crippen MR) is 75.1 cm³/mol. The van der Waals surface area contributed by atoms with Crippen LogP contribution in [0, 0.1) is 13.8 Å². The van der Waals surface area contributed by atoms with Crippen LogP contribution in [0.2, 0.25) is 0 Å². The molecule has 0 fully saturated rings. The number of hydrogen-bond donors (Lipinski definition) is 1. The van der Waals surface area contributed by atoms with Crippen LogP contribution >= 0.6 is 0 Å². The third kappa shape index (κ3) is 3.09. The summed E-state index contributed by atoms with van der Waals surface area (Å²) in [6.07, 6.45) is 0.718. The second-order valence-electron chi connectivity index (χ2n) is 4.65. The average Bonchev–Trinajstić information content (AvgIpc) is 2.42. The first kappa shape index (κ1) is 13.5. The fraction of sp³-hybridized carbons (Fsp3) is 0.333. The average molecular weight is 257 g/mol. The number of nitrogens with zero attached hydrogens (tertiary/aromatic N) is 2. The van der Waals surface area contributed by atoms with E-state index in [0.717, 1.165) is 34.7 Å². The number of aryl methyl sites for hydroxylation is 2. The highest BCUT2D eigenvalue weighted by Crippen LogP contribution is 2.24. The smallest absolute Gasteiger partial charge is 0.122 e. The van der Waals surface area contributed by atoms with E-state index in [1.165, 1.54) is 0 Å². The lowest BCUT2D eigenvalue weighted by Gasteiger charge is -2.16. The summed E-state index contributed by atoms with van der Waals surface area (Å²) in [7, 11) is 1.67. The van der Waals surface area contributed by atoms with Gasteiger partial charge in [-0.1, -0.05) is 18.2 Å². The van der Waals surface area contributed by atoms with E-state index >= 15 is 0 Å². The van der Waals surface area contributed by atoms with Gasteiger partial charge in [0.05, 0.1) is 18.5 Å². The molecule has 0 amide bonds. The zero-order chi connectivity index (χ0) is 13.8. The minimum Gasteiger partial charge on any atom is -0.496 e. The molecule has 19 heavy (non-hydrogen) atoms. The number of para-hydroxylation sites is 1. The second-order valence-corrected chi connectivity index (χ2v) is 4.65. The molecule has 0 aliphatic heterocycles. The van der Waals surface area contributed by atoms with Crippen LogP contribution in [-0.4, -0.2) is 17.3 Å². The molecule has 0 aliphatic rings. The highest BCUT2D eigenvalue weighted by molar-refractivity contribution is 5.35. The van der Waals surface area contributed by atoms with E-state index in [-0.39, 0.29) is 6.04 Å². The van der Waals surface area contributed by atoms with Gasteiger partial charge in [-0.05, 0) is 43.5 Å². The van der Waals surface area contributed by atoms with Gasteiger partial charge in [0, 0.05) is 6.04 Å². The van der Waals surface area contributed by atoms with Crippen LogP contribution in [0.4, 0.5) is 0 Å². The number of aromatic nitrogens is 2. The van der Waals surface area contributed by atoms with Crippen LogP contribution in [0.25, 0.3) is 0 Å². The maximum absolute atomic E-state index is 6.30. The van der Waals surface area contributed by atoms with Crippen LogP contribution in [0.15, 0.2) is 30.3 Å². The second kappa shape index (κ2) is 5.80. The molecular weight excluding hydrogens is 238 g/mol. The number of hydrogen-bond acceptors (Lipinski definition) is 4. The van der Waals surface area contributed by atoms with Crippen molar-refractivity contribution in [3.05, 3.63) is 52.8 Å². The van der Waals surface area contributed by atoms with E-state index in [4.69, 9.17) is 10.5 Å². The number of nitrogens with two attached hydrogens (primary N) is 1. The van der Waals surface area contributed by atoms with E-state index < -0.39 is 0 Å². The van der Waals surface area contributed by atoms with Crippen molar-refractivity contribution in [1.29, 1.82) is 0 Å². The maximum atomic E-state index is 6.30. The Kier molecular flexibility index (Phi) is 4.12. The Balaban J connectivity index is 2.25. The molecule has 1 aromatic carbocycles. The lowest BCUT2D eigenvalue weighted by molar-refractivity contribution is 0.408. The molecule has 0 saturated carbocycles. The van der Waals surface area contributed by atoms with Gasteiger partial charge in [0.1, 0.15) is 5.75 Å². The Bertz CT molecular complexity index is 569. The van der Waals surface area contributed by atoms with E-state index in [0.29, 0.717) is 0 Å². The number of methoxy groups -OCH3 is 1. The lowest BCUT2D eigenvalue weighted by atomic mass is 9.98. The van der Waals surface area contributed by atoms with Crippen molar-refractivity contribution in [3.8, 4) is 5.75 Å². The summed E-state index contributed by atoms with van der Waals surface area (Å²) in [5.41, 5.74) is 10.2. The molecule has 4 nitrogen and oxygen atoms in total. The Morgan fingerprint density at radius 2 is 1.95 bits per heavy atom. The maximum Gasteiger partial charge on any atom is 0.122 e. The summed E-state index contributed by atoms with van der Waals surface area (Å²) in [6, 6.07) is 9.83. The Labute approximate surface area is 113 Å². The van der Waals surface area contributed by atoms with Gasteiger partial charge < -0.3 is 10.5 Å². The molecule has 0 spiro atoms. The van der Waals surface area contributed by atoms with Gasteiger partial charge in [0.2, 0.25) is 0 Å². The first-order valence-corrected chi connectivity index (χ1v) is 6.30. The standard InChI is InChI=1S/C15H19N3O/c1-10-8-13(11(2)18-17-10)14(16)9-12-6-4-5-7-15(12)19-3/h4-8,14H,9,16H2,1-3H3. The zero-order valence-electron chi connectivity index (χ0n) is 11.6. The molecule has 2 aromatic rings. The van der Waals surface area contributed by atoms with Gasteiger partial charge in [-0.25, -0.2) is 0 Å². The molecule has 0 radical (unpaired) electrons. The number of benzene rings is 1. The minimum absolute atomic E-state index is 0.106. The molecule has 2 rings (SSSR count). The molecule has 0 saturated heterocycles. The summed E-state index contributed by atoms with van der Waals surface area (Å²) in [5.74, 6) is 0.870. The topological polar surface area (TPSA) is 61.0 Å². The molecule has 0 aliphatic carbocycles. The van der Waals surface area contributed by atoms with Crippen LogP contribution in [0.3, 0.4) is 0 Å². The van der Waals surface area contributed by atoms with Gasteiger partial charge in [0.15, 0.2) is 0 Å².